The van der Waals surface area contributed by atoms with Crippen molar-refractivity contribution < 1.29 is 18.7 Å². The molecule has 1 aromatic carbocycles. The molecule has 0 saturated carbocycles. The first-order valence-corrected chi connectivity index (χ1v) is 7.75. The Balaban J connectivity index is 2.05. The molecule has 5 nitrogen and oxygen atoms in total. The lowest BCUT2D eigenvalue weighted by atomic mass is 10.00. The molecule has 2 aromatic rings. The van der Waals surface area contributed by atoms with E-state index in [2.05, 4.69) is 15.9 Å². The standard InChI is InChI=1S/C16H16BrNO4/c1-20-10-8-12-11(14(9-10)21-2)4-3-7-18(12)16(19)13-5-6-15(17)22-13/h5-6,8-9H,3-4,7H2,1-2H3. The minimum atomic E-state index is -0.165. The van der Waals surface area contributed by atoms with E-state index >= 15 is 0 Å². The van der Waals surface area contributed by atoms with Gasteiger partial charge in [0, 0.05) is 24.2 Å². The smallest absolute Gasteiger partial charge is 0.294 e. The number of carbonyl (C=O) groups excluding carboxylic acids is 1. The Labute approximate surface area is 136 Å². The maximum absolute atomic E-state index is 12.7. The first-order chi connectivity index (χ1) is 10.6. The molecule has 0 bridgehead atoms. The fourth-order valence-corrected chi connectivity index (χ4v) is 3.01. The highest BCUT2D eigenvalue weighted by atomic mass is 79.9. The molecule has 1 amide bonds. The third kappa shape index (κ3) is 2.59. The van der Waals surface area contributed by atoms with Crippen LogP contribution in [0.1, 0.15) is 22.5 Å². The minimum Gasteiger partial charge on any atom is -0.497 e. The number of rotatable bonds is 3. The average Bonchev–Trinajstić information content (AvgIpc) is 2.98. The summed E-state index contributed by atoms with van der Waals surface area (Å²) in [6.45, 7) is 0.639. The van der Waals surface area contributed by atoms with Crippen LogP contribution >= 0.6 is 15.9 Å². The lowest BCUT2D eigenvalue weighted by Gasteiger charge is -2.30. The Hall–Kier alpha value is -1.95. The Morgan fingerprint density at radius 2 is 2.09 bits per heavy atom. The summed E-state index contributed by atoms with van der Waals surface area (Å²) >= 11 is 3.22. The van der Waals surface area contributed by atoms with Crippen LogP contribution in [0.25, 0.3) is 0 Å². The van der Waals surface area contributed by atoms with Gasteiger partial charge in [0.05, 0.1) is 19.9 Å². The van der Waals surface area contributed by atoms with Crippen LogP contribution in [-0.2, 0) is 6.42 Å². The van der Waals surface area contributed by atoms with E-state index in [0.717, 1.165) is 29.8 Å². The van der Waals surface area contributed by atoms with Gasteiger partial charge in [0.25, 0.3) is 5.91 Å². The topological polar surface area (TPSA) is 51.9 Å². The molecule has 116 valence electrons. The van der Waals surface area contributed by atoms with Gasteiger partial charge in [0.15, 0.2) is 10.4 Å². The number of amides is 1. The van der Waals surface area contributed by atoms with Crippen LogP contribution in [0.4, 0.5) is 5.69 Å². The van der Waals surface area contributed by atoms with Crippen molar-refractivity contribution in [3.8, 4) is 11.5 Å². The number of furan rings is 1. The van der Waals surface area contributed by atoms with Crippen LogP contribution in [0, 0.1) is 0 Å². The first kappa shape index (κ1) is 15.0. The number of nitrogens with zero attached hydrogens (tertiary/aromatic N) is 1. The Bertz CT molecular complexity index is 710. The van der Waals surface area contributed by atoms with Gasteiger partial charge in [-0.05, 0) is 40.9 Å². The molecule has 6 heteroatoms. The van der Waals surface area contributed by atoms with Gasteiger partial charge in [0.1, 0.15) is 11.5 Å². The lowest BCUT2D eigenvalue weighted by molar-refractivity contribution is 0.0957. The molecule has 0 spiro atoms. The SMILES string of the molecule is COc1cc(OC)c2c(c1)N(C(=O)c1ccc(Br)o1)CCC2. The van der Waals surface area contributed by atoms with Crippen molar-refractivity contribution in [3.05, 3.63) is 40.3 Å². The fourth-order valence-electron chi connectivity index (χ4n) is 2.71. The van der Waals surface area contributed by atoms with Crippen molar-refractivity contribution in [1.82, 2.24) is 0 Å². The van der Waals surface area contributed by atoms with Gasteiger partial charge in [-0.15, -0.1) is 0 Å². The number of methoxy groups -OCH3 is 2. The molecule has 0 atom stereocenters. The van der Waals surface area contributed by atoms with E-state index in [1.165, 1.54) is 0 Å². The van der Waals surface area contributed by atoms with Gasteiger partial charge in [-0.25, -0.2) is 0 Å². The third-order valence-electron chi connectivity index (χ3n) is 3.74. The molecule has 0 aliphatic carbocycles. The summed E-state index contributed by atoms with van der Waals surface area (Å²) in [5.74, 6) is 1.55. The predicted molar refractivity (Wildman–Crippen MR) is 86.0 cm³/mol. The fraction of sp³-hybridized carbons (Fsp3) is 0.312. The molecule has 0 fully saturated rings. The summed E-state index contributed by atoms with van der Waals surface area (Å²) in [7, 11) is 3.22. The summed E-state index contributed by atoms with van der Waals surface area (Å²) in [5, 5.41) is 0. The summed E-state index contributed by atoms with van der Waals surface area (Å²) in [5.41, 5.74) is 1.84. The van der Waals surface area contributed by atoms with Crippen LogP contribution in [0.5, 0.6) is 11.5 Å². The normalized spacial score (nSPS) is 13.7. The van der Waals surface area contributed by atoms with Crippen molar-refractivity contribution in [1.29, 1.82) is 0 Å². The van der Waals surface area contributed by atoms with Gasteiger partial charge in [-0.2, -0.15) is 0 Å². The molecule has 22 heavy (non-hydrogen) atoms. The average molecular weight is 366 g/mol. The molecule has 0 saturated heterocycles. The van der Waals surface area contributed by atoms with Crippen molar-refractivity contribution >= 4 is 27.5 Å². The molecular weight excluding hydrogens is 350 g/mol. The Kier molecular flexibility index (Phi) is 4.11. The number of hydrogen-bond acceptors (Lipinski definition) is 4. The van der Waals surface area contributed by atoms with E-state index in [1.807, 2.05) is 12.1 Å². The molecule has 3 rings (SSSR count). The number of benzene rings is 1. The van der Waals surface area contributed by atoms with Crippen LogP contribution in [-0.4, -0.2) is 26.7 Å². The molecular formula is C16H16BrNO4. The number of halogens is 1. The van der Waals surface area contributed by atoms with E-state index < -0.39 is 0 Å². The van der Waals surface area contributed by atoms with Crippen molar-refractivity contribution in [2.75, 3.05) is 25.7 Å². The second-order valence-electron chi connectivity index (χ2n) is 4.99. The van der Waals surface area contributed by atoms with E-state index in [4.69, 9.17) is 13.9 Å². The zero-order valence-corrected chi connectivity index (χ0v) is 14.0. The highest BCUT2D eigenvalue weighted by Crippen LogP contribution is 2.39. The number of carbonyl (C=O) groups is 1. The molecule has 1 aliphatic rings. The molecule has 0 unspecified atom stereocenters. The minimum absolute atomic E-state index is 0.165. The van der Waals surface area contributed by atoms with Gasteiger partial charge < -0.3 is 18.8 Å². The molecule has 2 heterocycles. The zero-order valence-electron chi connectivity index (χ0n) is 12.4. The van der Waals surface area contributed by atoms with Gasteiger partial charge >= 0.3 is 0 Å². The third-order valence-corrected chi connectivity index (χ3v) is 4.17. The number of ether oxygens (including phenoxy) is 2. The van der Waals surface area contributed by atoms with Crippen LogP contribution in [0.2, 0.25) is 0 Å². The van der Waals surface area contributed by atoms with Gasteiger partial charge in [0.2, 0.25) is 0 Å². The van der Waals surface area contributed by atoms with Crippen molar-refractivity contribution in [2.24, 2.45) is 0 Å². The van der Waals surface area contributed by atoms with Crippen LogP contribution < -0.4 is 14.4 Å². The number of hydrogen-bond donors (Lipinski definition) is 0. The molecule has 0 radical (unpaired) electrons. The monoisotopic (exact) mass is 365 g/mol. The predicted octanol–water partition coefficient (Wildman–Crippen LogP) is 3.65. The van der Waals surface area contributed by atoms with Gasteiger partial charge in [-0.3, -0.25) is 4.79 Å². The highest BCUT2D eigenvalue weighted by molar-refractivity contribution is 9.10. The van der Waals surface area contributed by atoms with E-state index in [9.17, 15) is 4.79 Å². The van der Waals surface area contributed by atoms with Crippen LogP contribution in [0.15, 0.2) is 33.4 Å². The van der Waals surface area contributed by atoms with E-state index in [0.29, 0.717) is 22.7 Å². The van der Waals surface area contributed by atoms with Crippen molar-refractivity contribution in [3.63, 3.8) is 0 Å². The second-order valence-corrected chi connectivity index (χ2v) is 5.77. The maximum Gasteiger partial charge on any atom is 0.294 e. The highest BCUT2D eigenvalue weighted by Gasteiger charge is 2.28. The maximum atomic E-state index is 12.7. The molecule has 1 aliphatic heterocycles. The van der Waals surface area contributed by atoms with E-state index in [-0.39, 0.29) is 5.91 Å². The number of fused-ring (bicyclic) bond motifs is 1. The summed E-state index contributed by atoms with van der Waals surface area (Å²) in [6, 6.07) is 7.09. The first-order valence-electron chi connectivity index (χ1n) is 6.96. The summed E-state index contributed by atoms with van der Waals surface area (Å²) < 4.78 is 16.7. The second kappa shape index (κ2) is 6.04. The Morgan fingerprint density at radius 1 is 1.27 bits per heavy atom. The van der Waals surface area contributed by atoms with Gasteiger partial charge in [-0.1, -0.05) is 0 Å². The molecule has 1 aromatic heterocycles. The van der Waals surface area contributed by atoms with Crippen molar-refractivity contribution in [2.45, 2.75) is 12.8 Å². The van der Waals surface area contributed by atoms with Crippen LogP contribution in [0.3, 0.4) is 0 Å². The van der Waals surface area contributed by atoms with E-state index in [1.54, 1.807) is 31.3 Å². The zero-order chi connectivity index (χ0) is 15.7. The largest absolute Gasteiger partial charge is 0.497 e. The number of anilines is 1. The summed E-state index contributed by atoms with van der Waals surface area (Å²) in [4.78, 5) is 14.4. The molecule has 0 N–H and O–H groups in total. The Morgan fingerprint density at radius 3 is 2.73 bits per heavy atom. The lowest BCUT2D eigenvalue weighted by Crippen LogP contribution is -2.35. The quantitative estimate of drug-likeness (QED) is 0.832. The summed E-state index contributed by atoms with van der Waals surface area (Å²) in [6.07, 6.45) is 1.75.